The van der Waals surface area contributed by atoms with Crippen LogP contribution in [0.2, 0.25) is 0 Å². The van der Waals surface area contributed by atoms with Gasteiger partial charge in [0.2, 0.25) is 0 Å². The summed E-state index contributed by atoms with van der Waals surface area (Å²) in [6.07, 6.45) is 2.49. The van der Waals surface area contributed by atoms with Gasteiger partial charge in [-0.1, -0.05) is 13.8 Å². The van der Waals surface area contributed by atoms with E-state index in [1.165, 1.54) is 12.8 Å². The lowest BCUT2D eigenvalue weighted by molar-refractivity contribution is 0.220. The van der Waals surface area contributed by atoms with Gasteiger partial charge in [-0.15, -0.1) is 0 Å². The lowest BCUT2D eigenvalue weighted by Crippen LogP contribution is -2.38. The number of hydrogen-bond donors (Lipinski definition) is 1. The van der Waals surface area contributed by atoms with Crippen LogP contribution in [0, 0.1) is 5.92 Å². The molecule has 0 aliphatic rings. The average molecular weight is 158 g/mol. The Labute approximate surface area is 70.7 Å². The second kappa shape index (κ2) is 5.56. The Kier molecular flexibility index (Phi) is 5.51. The molecule has 2 nitrogen and oxygen atoms in total. The van der Waals surface area contributed by atoms with Crippen molar-refractivity contribution in [1.29, 1.82) is 0 Å². The second-order valence-electron chi connectivity index (χ2n) is 3.87. The Bertz CT molecular complexity index is 89.6. The smallest absolute Gasteiger partial charge is 0.0184 e. The summed E-state index contributed by atoms with van der Waals surface area (Å²) in [5, 5.41) is 1.91. The van der Waals surface area contributed by atoms with Crippen molar-refractivity contribution in [3.63, 3.8) is 0 Å². The first-order valence-electron chi connectivity index (χ1n) is 4.55. The van der Waals surface area contributed by atoms with Gasteiger partial charge in [-0.05, 0) is 32.6 Å². The SMILES string of the molecule is CC(C)CCCN(N)C(C)C. The summed E-state index contributed by atoms with van der Waals surface area (Å²) >= 11 is 0. The monoisotopic (exact) mass is 158 g/mol. The van der Waals surface area contributed by atoms with Gasteiger partial charge < -0.3 is 0 Å². The molecule has 0 aromatic rings. The van der Waals surface area contributed by atoms with Crippen LogP contribution in [0.5, 0.6) is 0 Å². The summed E-state index contributed by atoms with van der Waals surface area (Å²) in [7, 11) is 0. The van der Waals surface area contributed by atoms with Crippen LogP contribution in [0.4, 0.5) is 0 Å². The van der Waals surface area contributed by atoms with E-state index in [-0.39, 0.29) is 0 Å². The standard InChI is InChI=1S/C9H22N2/c1-8(2)6-5-7-11(10)9(3)4/h8-9H,5-7,10H2,1-4H3. The molecule has 0 bridgehead atoms. The van der Waals surface area contributed by atoms with E-state index in [4.69, 9.17) is 5.84 Å². The molecular weight excluding hydrogens is 136 g/mol. The average Bonchev–Trinajstić information content (AvgIpc) is 1.86. The van der Waals surface area contributed by atoms with Gasteiger partial charge in [-0.25, -0.2) is 5.01 Å². The first-order valence-corrected chi connectivity index (χ1v) is 4.55. The van der Waals surface area contributed by atoms with E-state index < -0.39 is 0 Å². The van der Waals surface area contributed by atoms with Crippen LogP contribution < -0.4 is 5.84 Å². The summed E-state index contributed by atoms with van der Waals surface area (Å²) < 4.78 is 0. The molecule has 11 heavy (non-hydrogen) atoms. The van der Waals surface area contributed by atoms with Crippen LogP contribution >= 0.6 is 0 Å². The third-order valence-electron chi connectivity index (χ3n) is 1.86. The first kappa shape index (κ1) is 10.9. The molecule has 0 amide bonds. The summed E-state index contributed by atoms with van der Waals surface area (Å²) in [5.74, 6) is 6.54. The highest BCUT2D eigenvalue weighted by Gasteiger charge is 2.02. The zero-order valence-corrected chi connectivity index (χ0v) is 8.30. The fraction of sp³-hybridized carbons (Fsp3) is 1.00. The maximum absolute atomic E-state index is 5.74. The number of hydrogen-bond acceptors (Lipinski definition) is 2. The van der Waals surface area contributed by atoms with Crippen molar-refractivity contribution in [3.8, 4) is 0 Å². The molecule has 0 spiro atoms. The van der Waals surface area contributed by atoms with Gasteiger partial charge in [0.1, 0.15) is 0 Å². The number of hydrazine groups is 1. The van der Waals surface area contributed by atoms with Crippen molar-refractivity contribution in [2.75, 3.05) is 6.54 Å². The molecule has 0 aromatic heterocycles. The summed E-state index contributed by atoms with van der Waals surface area (Å²) in [6, 6.07) is 0.474. The molecule has 0 rings (SSSR count). The number of nitrogens with zero attached hydrogens (tertiary/aromatic N) is 1. The lowest BCUT2D eigenvalue weighted by Gasteiger charge is -2.20. The highest BCUT2D eigenvalue weighted by molar-refractivity contribution is 4.55. The molecule has 0 unspecified atom stereocenters. The molecule has 2 heteroatoms. The Morgan fingerprint density at radius 3 is 2.09 bits per heavy atom. The molecule has 0 aliphatic carbocycles. The van der Waals surface area contributed by atoms with Crippen LogP contribution in [0.15, 0.2) is 0 Å². The quantitative estimate of drug-likeness (QED) is 0.490. The van der Waals surface area contributed by atoms with Crippen molar-refractivity contribution >= 4 is 0 Å². The van der Waals surface area contributed by atoms with Gasteiger partial charge >= 0.3 is 0 Å². The molecule has 2 N–H and O–H groups in total. The van der Waals surface area contributed by atoms with E-state index in [9.17, 15) is 0 Å². The van der Waals surface area contributed by atoms with Gasteiger partial charge in [-0.3, -0.25) is 5.84 Å². The number of nitrogens with two attached hydrogens (primary N) is 1. The Balaban J connectivity index is 3.24. The minimum atomic E-state index is 0.474. The fourth-order valence-corrected chi connectivity index (χ4v) is 0.940. The Hall–Kier alpha value is -0.0800. The van der Waals surface area contributed by atoms with E-state index in [0.717, 1.165) is 12.5 Å². The summed E-state index contributed by atoms with van der Waals surface area (Å²) in [4.78, 5) is 0. The van der Waals surface area contributed by atoms with Gasteiger partial charge in [0.25, 0.3) is 0 Å². The summed E-state index contributed by atoms with van der Waals surface area (Å²) in [6.45, 7) is 9.76. The molecule has 0 aliphatic heterocycles. The van der Waals surface area contributed by atoms with Crippen molar-refractivity contribution in [3.05, 3.63) is 0 Å². The Morgan fingerprint density at radius 1 is 1.18 bits per heavy atom. The molecule has 68 valence electrons. The van der Waals surface area contributed by atoms with Crippen molar-refractivity contribution in [2.45, 2.75) is 46.6 Å². The second-order valence-corrected chi connectivity index (χ2v) is 3.87. The van der Waals surface area contributed by atoms with Crippen LogP contribution in [-0.4, -0.2) is 17.6 Å². The largest absolute Gasteiger partial charge is 0.269 e. The molecule has 0 radical (unpaired) electrons. The van der Waals surface area contributed by atoms with Gasteiger partial charge in [0.15, 0.2) is 0 Å². The van der Waals surface area contributed by atoms with Crippen LogP contribution in [0.25, 0.3) is 0 Å². The van der Waals surface area contributed by atoms with Gasteiger partial charge in [-0.2, -0.15) is 0 Å². The molecule has 0 heterocycles. The molecule has 0 atom stereocenters. The third-order valence-corrected chi connectivity index (χ3v) is 1.86. The highest BCUT2D eigenvalue weighted by Crippen LogP contribution is 2.04. The predicted molar refractivity (Wildman–Crippen MR) is 50.1 cm³/mol. The maximum atomic E-state index is 5.74. The van der Waals surface area contributed by atoms with E-state index in [1.54, 1.807) is 0 Å². The van der Waals surface area contributed by atoms with E-state index in [1.807, 2.05) is 5.01 Å². The zero-order valence-electron chi connectivity index (χ0n) is 8.30. The normalized spacial score (nSPS) is 12.0. The zero-order chi connectivity index (χ0) is 8.85. The molecule has 0 saturated heterocycles. The topological polar surface area (TPSA) is 29.3 Å². The molecule has 0 fully saturated rings. The highest BCUT2D eigenvalue weighted by atomic mass is 15.4. The molecule has 0 aromatic carbocycles. The Morgan fingerprint density at radius 2 is 1.73 bits per heavy atom. The van der Waals surface area contributed by atoms with Crippen LogP contribution in [0.3, 0.4) is 0 Å². The predicted octanol–water partition coefficient (Wildman–Crippen LogP) is 2.01. The van der Waals surface area contributed by atoms with E-state index in [2.05, 4.69) is 27.7 Å². The first-order chi connectivity index (χ1) is 5.04. The maximum Gasteiger partial charge on any atom is 0.0184 e. The van der Waals surface area contributed by atoms with E-state index in [0.29, 0.717) is 6.04 Å². The van der Waals surface area contributed by atoms with Crippen molar-refractivity contribution in [1.82, 2.24) is 5.01 Å². The third kappa shape index (κ3) is 6.32. The van der Waals surface area contributed by atoms with Crippen molar-refractivity contribution < 1.29 is 0 Å². The molecule has 0 saturated carbocycles. The number of rotatable bonds is 5. The van der Waals surface area contributed by atoms with Gasteiger partial charge in [0, 0.05) is 12.6 Å². The van der Waals surface area contributed by atoms with Gasteiger partial charge in [0.05, 0.1) is 0 Å². The minimum absolute atomic E-state index is 0.474. The summed E-state index contributed by atoms with van der Waals surface area (Å²) in [5.41, 5.74) is 0. The fourth-order valence-electron chi connectivity index (χ4n) is 0.940. The lowest BCUT2D eigenvalue weighted by atomic mass is 10.1. The van der Waals surface area contributed by atoms with E-state index >= 15 is 0 Å². The molecular formula is C9H22N2. The van der Waals surface area contributed by atoms with Crippen LogP contribution in [0.1, 0.15) is 40.5 Å². The minimum Gasteiger partial charge on any atom is -0.269 e. The van der Waals surface area contributed by atoms with Crippen LogP contribution in [-0.2, 0) is 0 Å². The van der Waals surface area contributed by atoms with Crippen molar-refractivity contribution in [2.24, 2.45) is 11.8 Å².